The Balaban J connectivity index is 1.72. The summed E-state index contributed by atoms with van der Waals surface area (Å²) in [7, 11) is 1.78. The molecule has 0 fully saturated rings. The van der Waals surface area contributed by atoms with Crippen LogP contribution in [0.15, 0.2) is 36.7 Å². The summed E-state index contributed by atoms with van der Waals surface area (Å²) in [5.41, 5.74) is 1.75. The van der Waals surface area contributed by atoms with Crippen LogP contribution in [-0.2, 0) is 7.05 Å². The van der Waals surface area contributed by atoms with Gasteiger partial charge in [-0.05, 0) is 19.1 Å². The number of hydrogen-bond acceptors (Lipinski definition) is 3. The van der Waals surface area contributed by atoms with Crippen LogP contribution in [0.4, 0.5) is 0 Å². The fourth-order valence-corrected chi connectivity index (χ4v) is 1.61. The summed E-state index contributed by atoms with van der Waals surface area (Å²) in [6, 6.07) is 7.81. The summed E-state index contributed by atoms with van der Waals surface area (Å²) in [5, 5.41) is 6.72. The Bertz CT molecular complexity index is 546. The van der Waals surface area contributed by atoms with Gasteiger partial charge < -0.3 is 10.1 Å². The van der Waals surface area contributed by atoms with Crippen LogP contribution in [-0.4, -0.2) is 28.8 Å². The van der Waals surface area contributed by atoms with Crippen molar-refractivity contribution in [3.63, 3.8) is 0 Å². The van der Waals surface area contributed by atoms with E-state index in [2.05, 4.69) is 10.4 Å². The van der Waals surface area contributed by atoms with Gasteiger partial charge in [-0.3, -0.25) is 9.48 Å². The van der Waals surface area contributed by atoms with Crippen LogP contribution in [0.3, 0.4) is 0 Å². The van der Waals surface area contributed by atoms with Crippen LogP contribution in [0, 0.1) is 6.92 Å². The van der Waals surface area contributed by atoms with Crippen molar-refractivity contribution in [2.24, 2.45) is 7.05 Å². The van der Waals surface area contributed by atoms with Crippen molar-refractivity contribution in [1.82, 2.24) is 15.1 Å². The Morgan fingerprint density at radius 2 is 2.11 bits per heavy atom. The van der Waals surface area contributed by atoms with Gasteiger partial charge in [-0.25, -0.2) is 0 Å². The second-order valence-corrected chi connectivity index (χ2v) is 4.32. The molecule has 0 aliphatic carbocycles. The van der Waals surface area contributed by atoms with Crippen molar-refractivity contribution in [3.8, 4) is 5.75 Å². The molecule has 100 valence electrons. The number of carbonyl (C=O) groups is 1. The molecular weight excluding hydrogens is 242 g/mol. The van der Waals surface area contributed by atoms with E-state index in [0.29, 0.717) is 18.7 Å². The molecule has 0 aliphatic rings. The second kappa shape index (κ2) is 6.04. The van der Waals surface area contributed by atoms with Gasteiger partial charge in [-0.1, -0.05) is 17.7 Å². The zero-order valence-electron chi connectivity index (χ0n) is 11.1. The summed E-state index contributed by atoms with van der Waals surface area (Å²) >= 11 is 0. The number of hydrogen-bond donors (Lipinski definition) is 1. The minimum Gasteiger partial charge on any atom is -0.492 e. The fraction of sp³-hybridized carbons (Fsp3) is 0.286. The molecule has 0 atom stereocenters. The van der Waals surface area contributed by atoms with Crippen molar-refractivity contribution in [2.75, 3.05) is 13.2 Å². The third-order valence-electron chi connectivity index (χ3n) is 2.64. The van der Waals surface area contributed by atoms with E-state index in [9.17, 15) is 4.79 Å². The number of rotatable bonds is 5. The maximum atomic E-state index is 11.7. The van der Waals surface area contributed by atoms with Crippen LogP contribution in [0.2, 0.25) is 0 Å². The van der Waals surface area contributed by atoms with E-state index in [1.807, 2.05) is 31.2 Å². The minimum atomic E-state index is -0.138. The first-order valence-electron chi connectivity index (χ1n) is 6.11. The van der Waals surface area contributed by atoms with E-state index < -0.39 is 0 Å². The molecule has 1 aromatic carbocycles. The minimum absolute atomic E-state index is 0.138. The number of amides is 1. The van der Waals surface area contributed by atoms with Gasteiger partial charge in [-0.15, -0.1) is 0 Å². The van der Waals surface area contributed by atoms with Gasteiger partial charge >= 0.3 is 0 Å². The average Bonchev–Trinajstić information content (AvgIpc) is 2.83. The van der Waals surface area contributed by atoms with Gasteiger partial charge in [0.15, 0.2) is 0 Å². The zero-order valence-corrected chi connectivity index (χ0v) is 11.1. The number of aryl methyl sites for hydroxylation is 2. The lowest BCUT2D eigenvalue weighted by Crippen LogP contribution is -2.27. The van der Waals surface area contributed by atoms with Crippen LogP contribution in [0.25, 0.3) is 0 Å². The maximum absolute atomic E-state index is 11.7. The fourth-order valence-electron chi connectivity index (χ4n) is 1.61. The molecule has 2 aromatic rings. The summed E-state index contributed by atoms with van der Waals surface area (Å²) in [5.74, 6) is 0.668. The highest BCUT2D eigenvalue weighted by atomic mass is 16.5. The molecule has 0 bridgehead atoms. The molecule has 0 spiro atoms. The van der Waals surface area contributed by atoms with Crippen molar-refractivity contribution in [2.45, 2.75) is 6.92 Å². The molecule has 1 amide bonds. The van der Waals surface area contributed by atoms with Crippen LogP contribution in [0.5, 0.6) is 5.75 Å². The molecule has 0 unspecified atom stereocenters. The highest BCUT2D eigenvalue weighted by Crippen LogP contribution is 2.10. The first kappa shape index (κ1) is 13.1. The van der Waals surface area contributed by atoms with Gasteiger partial charge in [-0.2, -0.15) is 5.10 Å². The third kappa shape index (κ3) is 3.84. The molecule has 1 aromatic heterocycles. The van der Waals surface area contributed by atoms with E-state index >= 15 is 0 Å². The monoisotopic (exact) mass is 259 g/mol. The predicted octanol–water partition coefficient (Wildman–Crippen LogP) is 1.54. The van der Waals surface area contributed by atoms with Crippen molar-refractivity contribution >= 4 is 5.91 Å². The van der Waals surface area contributed by atoms with Crippen LogP contribution in [0.1, 0.15) is 15.9 Å². The summed E-state index contributed by atoms with van der Waals surface area (Å²) in [6.07, 6.45) is 3.21. The zero-order chi connectivity index (χ0) is 13.7. The maximum Gasteiger partial charge on any atom is 0.254 e. The van der Waals surface area contributed by atoms with E-state index in [-0.39, 0.29) is 5.91 Å². The first-order chi connectivity index (χ1) is 9.15. The standard InChI is InChI=1S/C14H17N3O2/c1-11-3-5-13(6-4-11)19-8-7-15-14(18)12-9-16-17(2)10-12/h3-6,9-10H,7-8H2,1-2H3,(H,15,18). The molecule has 2 rings (SSSR count). The molecule has 1 heterocycles. The highest BCUT2D eigenvalue weighted by Gasteiger charge is 2.06. The normalized spacial score (nSPS) is 10.2. The molecule has 0 saturated heterocycles. The Morgan fingerprint density at radius 1 is 1.37 bits per heavy atom. The molecule has 5 nitrogen and oxygen atoms in total. The van der Waals surface area contributed by atoms with E-state index in [1.165, 1.54) is 11.8 Å². The third-order valence-corrected chi connectivity index (χ3v) is 2.64. The number of benzene rings is 1. The molecule has 0 radical (unpaired) electrons. The number of nitrogens with one attached hydrogen (secondary N) is 1. The lowest BCUT2D eigenvalue weighted by molar-refractivity contribution is 0.0947. The Labute approximate surface area is 112 Å². The Hall–Kier alpha value is -2.30. The predicted molar refractivity (Wildman–Crippen MR) is 72.2 cm³/mol. The van der Waals surface area contributed by atoms with E-state index in [4.69, 9.17) is 4.74 Å². The number of aromatic nitrogens is 2. The molecule has 0 saturated carbocycles. The van der Waals surface area contributed by atoms with Crippen molar-refractivity contribution in [3.05, 3.63) is 47.8 Å². The highest BCUT2D eigenvalue weighted by molar-refractivity contribution is 5.93. The molecule has 1 N–H and O–H groups in total. The molecule has 0 aliphatic heterocycles. The summed E-state index contributed by atoms with van der Waals surface area (Å²) < 4.78 is 7.11. The quantitative estimate of drug-likeness (QED) is 0.829. The number of ether oxygens (including phenoxy) is 1. The van der Waals surface area contributed by atoms with Gasteiger partial charge in [0.05, 0.1) is 18.3 Å². The van der Waals surface area contributed by atoms with E-state index in [1.54, 1.807) is 17.9 Å². The lowest BCUT2D eigenvalue weighted by Gasteiger charge is -2.07. The number of nitrogens with zero attached hydrogens (tertiary/aromatic N) is 2. The second-order valence-electron chi connectivity index (χ2n) is 4.32. The lowest BCUT2D eigenvalue weighted by atomic mass is 10.2. The number of carbonyl (C=O) groups excluding carboxylic acids is 1. The Kier molecular flexibility index (Phi) is 4.18. The largest absolute Gasteiger partial charge is 0.492 e. The van der Waals surface area contributed by atoms with E-state index in [0.717, 1.165) is 5.75 Å². The molecule has 5 heteroatoms. The van der Waals surface area contributed by atoms with Gasteiger partial charge in [0.1, 0.15) is 12.4 Å². The van der Waals surface area contributed by atoms with Crippen molar-refractivity contribution < 1.29 is 9.53 Å². The smallest absolute Gasteiger partial charge is 0.254 e. The van der Waals surface area contributed by atoms with Crippen LogP contribution >= 0.6 is 0 Å². The Morgan fingerprint density at radius 3 is 2.74 bits per heavy atom. The SMILES string of the molecule is Cc1ccc(OCCNC(=O)c2cnn(C)c2)cc1. The topological polar surface area (TPSA) is 56.1 Å². The average molecular weight is 259 g/mol. The van der Waals surface area contributed by atoms with Gasteiger partial charge in [0.2, 0.25) is 0 Å². The van der Waals surface area contributed by atoms with Gasteiger partial charge in [0.25, 0.3) is 5.91 Å². The first-order valence-corrected chi connectivity index (χ1v) is 6.11. The van der Waals surface area contributed by atoms with Crippen LogP contribution < -0.4 is 10.1 Å². The van der Waals surface area contributed by atoms with Crippen molar-refractivity contribution in [1.29, 1.82) is 0 Å². The molecule has 19 heavy (non-hydrogen) atoms. The van der Waals surface area contributed by atoms with Gasteiger partial charge in [0, 0.05) is 13.2 Å². The summed E-state index contributed by atoms with van der Waals surface area (Å²) in [4.78, 5) is 11.7. The molecular formula is C14H17N3O2. The summed E-state index contributed by atoms with van der Waals surface area (Å²) in [6.45, 7) is 2.93.